The zero-order valence-corrected chi connectivity index (χ0v) is 12.7. The predicted molar refractivity (Wildman–Crippen MR) is 80.5 cm³/mol. The Morgan fingerprint density at radius 3 is 2.25 bits per heavy atom. The van der Waals surface area contributed by atoms with Crippen LogP contribution < -0.4 is 20.1 Å². The van der Waals surface area contributed by atoms with Gasteiger partial charge < -0.3 is 20.1 Å². The van der Waals surface area contributed by atoms with Crippen molar-refractivity contribution < 1.29 is 14.3 Å². The number of carbonyl (C=O) groups is 1. The first kappa shape index (κ1) is 16.3. The molecule has 0 bridgehead atoms. The van der Waals surface area contributed by atoms with Crippen LogP contribution in [0, 0.1) is 0 Å². The van der Waals surface area contributed by atoms with Crippen LogP contribution in [-0.2, 0) is 4.79 Å². The molecule has 0 spiro atoms. The van der Waals surface area contributed by atoms with Gasteiger partial charge in [-0.15, -0.1) is 0 Å². The van der Waals surface area contributed by atoms with E-state index < -0.39 is 0 Å². The highest BCUT2D eigenvalue weighted by Crippen LogP contribution is 2.25. The van der Waals surface area contributed by atoms with E-state index in [2.05, 4.69) is 24.5 Å². The van der Waals surface area contributed by atoms with Crippen LogP contribution in [0.1, 0.15) is 26.7 Å². The van der Waals surface area contributed by atoms with Gasteiger partial charge in [0.15, 0.2) is 0 Å². The van der Waals surface area contributed by atoms with Gasteiger partial charge in [-0.05, 0) is 13.0 Å². The van der Waals surface area contributed by atoms with E-state index in [-0.39, 0.29) is 5.91 Å². The minimum absolute atomic E-state index is 0.00846. The minimum atomic E-state index is -0.00846. The SMILES string of the molecule is COc1cc(NC(=O)CCCNC(C)C)cc(OC)c1. The molecule has 1 aromatic rings. The number of ether oxygens (including phenoxy) is 2. The second kappa shape index (κ2) is 8.43. The lowest BCUT2D eigenvalue weighted by Gasteiger charge is -2.10. The Bertz CT molecular complexity index is 411. The molecule has 0 saturated heterocycles. The molecule has 0 saturated carbocycles. The lowest BCUT2D eigenvalue weighted by molar-refractivity contribution is -0.116. The average molecular weight is 280 g/mol. The zero-order chi connectivity index (χ0) is 15.0. The molecule has 0 aromatic heterocycles. The molecule has 5 heteroatoms. The molecular weight excluding hydrogens is 256 g/mol. The summed E-state index contributed by atoms with van der Waals surface area (Å²) >= 11 is 0. The van der Waals surface area contributed by atoms with Gasteiger partial charge in [-0.25, -0.2) is 0 Å². The Morgan fingerprint density at radius 1 is 1.15 bits per heavy atom. The van der Waals surface area contributed by atoms with E-state index in [1.165, 1.54) is 0 Å². The summed E-state index contributed by atoms with van der Waals surface area (Å²) in [5.74, 6) is 1.30. The van der Waals surface area contributed by atoms with Crippen LogP contribution >= 0.6 is 0 Å². The van der Waals surface area contributed by atoms with Crippen LogP contribution in [0.5, 0.6) is 11.5 Å². The molecule has 1 aromatic carbocycles. The van der Waals surface area contributed by atoms with Crippen LogP contribution in [-0.4, -0.2) is 32.7 Å². The first-order chi connectivity index (χ1) is 9.55. The summed E-state index contributed by atoms with van der Waals surface area (Å²) in [7, 11) is 3.16. The highest BCUT2D eigenvalue weighted by Gasteiger charge is 2.06. The molecule has 0 aliphatic heterocycles. The molecule has 1 amide bonds. The standard InChI is InChI=1S/C15H24N2O3/c1-11(2)16-7-5-6-15(18)17-12-8-13(19-3)10-14(9-12)20-4/h8-11,16H,5-7H2,1-4H3,(H,17,18). The maximum absolute atomic E-state index is 11.8. The second-order valence-electron chi connectivity index (χ2n) is 4.86. The van der Waals surface area contributed by atoms with Crippen LogP contribution in [0.2, 0.25) is 0 Å². The Balaban J connectivity index is 2.48. The van der Waals surface area contributed by atoms with Crippen molar-refractivity contribution in [3.8, 4) is 11.5 Å². The van der Waals surface area contributed by atoms with E-state index in [4.69, 9.17) is 9.47 Å². The van der Waals surface area contributed by atoms with Gasteiger partial charge in [0, 0.05) is 36.3 Å². The third kappa shape index (κ3) is 5.93. The third-order valence-corrected chi connectivity index (χ3v) is 2.77. The molecule has 5 nitrogen and oxygen atoms in total. The Labute approximate surface area is 120 Å². The quantitative estimate of drug-likeness (QED) is 0.718. The van der Waals surface area contributed by atoms with Gasteiger partial charge in [-0.2, -0.15) is 0 Å². The number of nitrogens with one attached hydrogen (secondary N) is 2. The molecule has 0 fully saturated rings. The normalized spacial score (nSPS) is 10.4. The van der Waals surface area contributed by atoms with Crippen LogP contribution in [0.15, 0.2) is 18.2 Å². The van der Waals surface area contributed by atoms with Crippen molar-refractivity contribution >= 4 is 11.6 Å². The number of methoxy groups -OCH3 is 2. The number of hydrogen-bond acceptors (Lipinski definition) is 4. The summed E-state index contributed by atoms with van der Waals surface area (Å²) in [6.45, 7) is 5.01. The molecule has 0 aliphatic rings. The van der Waals surface area contributed by atoms with Crippen molar-refractivity contribution in [2.24, 2.45) is 0 Å². The van der Waals surface area contributed by atoms with Crippen LogP contribution in [0.25, 0.3) is 0 Å². The lowest BCUT2D eigenvalue weighted by atomic mass is 10.2. The van der Waals surface area contributed by atoms with Gasteiger partial charge in [-0.1, -0.05) is 13.8 Å². The number of carbonyl (C=O) groups excluding carboxylic acids is 1. The Morgan fingerprint density at radius 2 is 1.75 bits per heavy atom. The molecule has 0 radical (unpaired) electrons. The summed E-state index contributed by atoms with van der Waals surface area (Å²) in [6, 6.07) is 5.75. The zero-order valence-electron chi connectivity index (χ0n) is 12.7. The van der Waals surface area contributed by atoms with Gasteiger partial charge in [0.05, 0.1) is 14.2 Å². The highest BCUT2D eigenvalue weighted by atomic mass is 16.5. The van der Waals surface area contributed by atoms with Crippen molar-refractivity contribution in [2.45, 2.75) is 32.7 Å². The fraction of sp³-hybridized carbons (Fsp3) is 0.533. The average Bonchev–Trinajstić information content (AvgIpc) is 2.42. The summed E-state index contributed by atoms with van der Waals surface area (Å²) in [6.07, 6.45) is 1.30. The van der Waals surface area contributed by atoms with Gasteiger partial charge >= 0.3 is 0 Å². The van der Waals surface area contributed by atoms with E-state index >= 15 is 0 Å². The summed E-state index contributed by atoms with van der Waals surface area (Å²) in [4.78, 5) is 11.8. The van der Waals surface area contributed by atoms with Crippen LogP contribution in [0.4, 0.5) is 5.69 Å². The first-order valence-corrected chi connectivity index (χ1v) is 6.81. The van der Waals surface area contributed by atoms with Gasteiger partial charge in [0.2, 0.25) is 5.91 Å². The number of benzene rings is 1. The topological polar surface area (TPSA) is 59.6 Å². The van der Waals surface area contributed by atoms with Crippen molar-refractivity contribution in [3.63, 3.8) is 0 Å². The van der Waals surface area contributed by atoms with Gasteiger partial charge in [0.25, 0.3) is 0 Å². The van der Waals surface area contributed by atoms with Crippen molar-refractivity contribution in [3.05, 3.63) is 18.2 Å². The molecule has 2 N–H and O–H groups in total. The second-order valence-corrected chi connectivity index (χ2v) is 4.86. The molecule has 0 heterocycles. The summed E-state index contributed by atoms with van der Waals surface area (Å²) in [5.41, 5.74) is 0.683. The maximum atomic E-state index is 11.8. The van der Waals surface area contributed by atoms with E-state index in [0.29, 0.717) is 29.6 Å². The van der Waals surface area contributed by atoms with E-state index in [0.717, 1.165) is 13.0 Å². The van der Waals surface area contributed by atoms with Crippen LogP contribution in [0.3, 0.4) is 0 Å². The number of amides is 1. The molecule has 20 heavy (non-hydrogen) atoms. The first-order valence-electron chi connectivity index (χ1n) is 6.81. The smallest absolute Gasteiger partial charge is 0.224 e. The molecule has 1 rings (SSSR count). The number of anilines is 1. The third-order valence-electron chi connectivity index (χ3n) is 2.77. The van der Waals surface area contributed by atoms with Crippen molar-refractivity contribution in [1.82, 2.24) is 5.32 Å². The summed E-state index contributed by atoms with van der Waals surface area (Å²) < 4.78 is 10.3. The highest BCUT2D eigenvalue weighted by molar-refractivity contribution is 5.91. The molecular formula is C15H24N2O3. The monoisotopic (exact) mass is 280 g/mol. The largest absolute Gasteiger partial charge is 0.497 e. The molecule has 0 unspecified atom stereocenters. The lowest BCUT2D eigenvalue weighted by Crippen LogP contribution is -2.24. The van der Waals surface area contributed by atoms with Crippen molar-refractivity contribution in [1.29, 1.82) is 0 Å². The minimum Gasteiger partial charge on any atom is -0.497 e. The predicted octanol–water partition coefficient (Wildman–Crippen LogP) is 2.42. The fourth-order valence-electron chi connectivity index (χ4n) is 1.74. The number of rotatable bonds is 8. The fourth-order valence-corrected chi connectivity index (χ4v) is 1.74. The Kier molecular flexibility index (Phi) is 6.87. The van der Waals surface area contributed by atoms with Gasteiger partial charge in [-0.3, -0.25) is 4.79 Å². The Hall–Kier alpha value is -1.75. The number of hydrogen-bond donors (Lipinski definition) is 2. The van der Waals surface area contributed by atoms with Gasteiger partial charge in [0.1, 0.15) is 11.5 Å². The molecule has 112 valence electrons. The molecule has 0 aliphatic carbocycles. The summed E-state index contributed by atoms with van der Waals surface area (Å²) in [5, 5.41) is 6.13. The van der Waals surface area contributed by atoms with E-state index in [1.807, 2.05) is 0 Å². The van der Waals surface area contributed by atoms with E-state index in [9.17, 15) is 4.79 Å². The molecule has 0 atom stereocenters. The van der Waals surface area contributed by atoms with Crippen molar-refractivity contribution in [2.75, 3.05) is 26.1 Å². The maximum Gasteiger partial charge on any atom is 0.224 e. The van der Waals surface area contributed by atoms with E-state index in [1.54, 1.807) is 32.4 Å².